The van der Waals surface area contributed by atoms with Gasteiger partial charge in [0, 0.05) is 16.7 Å². The maximum Gasteiger partial charge on any atom is 0.268 e. The number of aromatic nitrogens is 2. The molecule has 0 amide bonds. The van der Waals surface area contributed by atoms with Crippen molar-refractivity contribution in [2.45, 2.75) is 25.3 Å². The molecule has 0 saturated heterocycles. The van der Waals surface area contributed by atoms with Gasteiger partial charge < -0.3 is 4.74 Å². The number of halogens is 2. The van der Waals surface area contributed by atoms with Gasteiger partial charge in [-0.25, -0.2) is 27.1 Å². The first kappa shape index (κ1) is 21.2. The minimum Gasteiger partial charge on any atom is -0.497 e. The third-order valence-electron chi connectivity index (χ3n) is 4.47. The van der Waals surface area contributed by atoms with E-state index in [2.05, 4.69) is 25.9 Å². The molecule has 9 heteroatoms. The fourth-order valence-corrected chi connectivity index (χ4v) is 4.64. The molecule has 29 heavy (non-hydrogen) atoms. The van der Waals surface area contributed by atoms with Crippen molar-refractivity contribution in [3.05, 3.63) is 75.9 Å². The topological polar surface area (TPSA) is 72.4 Å². The molecule has 0 saturated carbocycles. The molecule has 3 aromatic rings. The highest BCUT2D eigenvalue weighted by molar-refractivity contribution is 9.10. The first-order valence-corrected chi connectivity index (χ1v) is 10.8. The number of rotatable bonds is 6. The Morgan fingerprint density at radius 1 is 1.14 bits per heavy atom. The Labute approximate surface area is 177 Å². The number of aryl methyl sites for hydroxylation is 2. The molecule has 2 aromatic carbocycles. The molecule has 0 fully saturated rings. The molecule has 3 rings (SSSR count). The van der Waals surface area contributed by atoms with Gasteiger partial charge in [0.25, 0.3) is 10.0 Å². The van der Waals surface area contributed by atoms with E-state index in [-0.39, 0.29) is 12.4 Å². The molecule has 0 aliphatic rings. The summed E-state index contributed by atoms with van der Waals surface area (Å²) in [5.41, 5.74) is 2.18. The van der Waals surface area contributed by atoms with Crippen LogP contribution < -0.4 is 9.04 Å². The lowest BCUT2D eigenvalue weighted by Crippen LogP contribution is -2.32. The quantitative estimate of drug-likeness (QED) is 0.523. The Balaban J connectivity index is 2.13. The fraction of sp³-hybridized carbons (Fsp3) is 0.200. The SMILES string of the molecule is COc1ccc(CN(c2ccncn2)S(=O)(=O)c2cc(C)c(Br)cc2F)c(C)c1. The summed E-state index contributed by atoms with van der Waals surface area (Å²) in [5, 5.41) is 0. The first-order chi connectivity index (χ1) is 13.7. The van der Waals surface area contributed by atoms with Crippen LogP contribution in [0.5, 0.6) is 5.75 Å². The van der Waals surface area contributed by atoms with Crippen molar-refractivity contribution in [2.24, 2.45) is 0 Å². The molecule has 0 bridgehead atoms. The van der Waals surface area contributed by atoms with Gasteiger partial charge in [-0.2, -0.15) is 0 Å². The summed E-state index contributed by atoms with van der Waals surface area (Å²) < 4.78 is 48.3. The highest BCUT2D eigenvalue weighted by Crippen LogP contribution is 2.30. The van der Waals surface area contributed by atoms with Gasteiger partial charge in [-0.05, 0) is 54.8 Å². The van der Waals surface area contributed by atoms with Gasteiger partial charge in [-0.15, -0.1) is 0 Å². The zero-order chi connectivity index (χ0) is 21.2. The summed E-state index contributed by atoms with van der Waals surface area (Å²) in [5.74, 6) is -0.0274. The Hall–Kier alpha value is -2.52. The average Bonchev–Trinajstić information content (AvgIpc) is 2.70. The van der Waals surface area contributed by atoms with Crippen LogP contribution in [0.2, 0.25) is 0 Å². The van der Waals surface area contributed by atoms with Crippen LogP contribution in [0.4, 0.5) is 10.2 Å². The van der Waals surface area contributed by atoms with Crippen molar-refractivity contribution in [1.82, 2.24) is 9.97 Å². The lowest BCUT2D eigenvalue weighted by Gasteiger charge is -2.25. The van der Waals surface area contributed by atoms with Crippen molar-refractivity contribution < 1.29 is 17.5 Å². The number of ether oxygens (including phenoxy) is 1. The second-order valence-corrected chi connectivity index (χ2v) is 9.09. The van der Waals surface area contributed by atoms with E-state index < -0.39 is 20.7 Å². The number of hydrogen-bond acceptors (Lipinski definition) is 5. The number of benzene rings is 2. The van der Waals surface area contributed by atoms with E-state index in [0.717, 1.165) is 21.5 Å². The van der Waals surface area contributed by atoms with Crippen LogP contribution >= 0.6 is 15.9 Å². The lowest BCUT2D eigenvalue weighted by molar-refractivity contribution is 0.414. The molecule has 0 radical (unpaired) electrons. The third kappa shape index (κ3) is 4.40. The van der Waals surface area contributed by atoms with Crippen LogP contribution in [0.1, 0.15) is 16.7 Å². The van der Waals surface area contributed by atoms with Crippen LogP contribution in [-0.2, 0) is 16.6 Å². The Kier molecular flexibility index (Phi) is 6.18. The summed E-state index contributed by atoms with van der Waals surface area (Å²) in [7, 11) is -2.68. The zero-order valence-corrected chi connectivity index (χ0v) is 18.5. The largest absolute Gasteiger partial charge is 0.497 e. The number of sulfonamides is 1. The number of anilines is 1. The Morgan fingerprint density at radius 3 is 2.52 bits per heavy atom. The molecular formula is C20H19BrFN3O3S. The van der Waals surface area contributed by atoms with Crippen LogP contribution in [-0.4, -0.2) is 25.5 Å². The molecule has 0 atom stereocenters. The van der Waals surface area contributed by atoms with Crippen molar-refractivity contribution >= 4 is 31.8 Å². The summed E-state index contributed by atoms with van der Waals surface area (Å²) in [6, 6.07) is 9.27. The normalized spacial score (nSPS) is 11.3. The first-order valence-electron chi connectivity index (χ1n) is 8.62. The van der Waals surface area contributed by atoms with Crippen molar-refractivity contribution in [2.75, 3.05) is 11.4 Å². The zero-order valence-electron chi connectivity index (χ0n) is 16.1. The van der Waals surface area contributed by atoms with Gasteiger partial charge in [-0.1, -0.05) is 22.0 Å². The Morgan fingerprint density at radius 2 is 1.90 bits per heavy atom. The third-order valence-corrected chi connectivity index (χ3v) is 7.09. The van der Waals surface area contributed by atoms with E-state index in [1.54, 1.807) is 26.2 Å². The molecule has 0 unspecified atom stereocenters. The minimum absolute atomic E-state index is 0.0241. The van der Waals surface area contributed by atoms with Gasteiger partial charge in [0.05, 0.1) is 13.7 Å². The van der Waals surface area contributed by atoms with Gasteiger partial charge in [0.2, 0.25) is 0 Å². The van der Waals surface area contributed by atoms with E-state index in [4.69, 9.17) is 4.74 Å². The standard InChI is InChI=1S/C20H19BrFN3O3S/c1-13-8-16(28-3)5-4-15(13)11-25(20-6-7-23-12-24-20)29(26,27)19-9-14(2)17(21)10-18(19)22/h4-10,12H,11H2,1-3H3. The second-order valence-electron chi connectivity index (χ2n) is 6.40. The predicted octanol–water partition coefficient (Wildman–Crippen LogP) is 4.40. The Bertz CT molecular complexity index is 1140. The minimum atomic E-state index is -4.24. The van der Waals surface area contributed by atoms with Gasteiger partial charge in [0.15, 0.2) is 0 Å². The van der Waals surface area contributed by atoms with E-state index in [1.807, 2.05) is 13.0 Å². The molecule has 0 aliphatic heterocycles. The van der Waals surface area contributed by atoms with Gasteiger partial charge in [-0.3, -0.25) is 0 Å². The van der Waals surface area contributed by atoms with Crippen molar-refractivity contribution in [1.29, 1.82) is 0 Å². The highest BCUT2D eigenvalue weighted by atomic mass is 79.9. The molecule has 1 aromatic heterocycles. The summed E-state index contributed by atoms with van der Waals surface area (Å²) in [6.07, 6.45) is 2.69. The summed E-state index contributed by atoms with van der Waals surface area (Å²) in [6.45, 7) is 3.53. The van der Waals surface area contributed by atoms with Crippen LogP contribution in [0.25, 0.3) is 0 Å². The second kappa shape index (κ2) is 8.46. The van der Waals surface area contributed by atoms with Crippen molar-refractivity contribution in [3.8, 4) is 5.75 Å². The molecule has 152 valence electrons. The van der Waals surface area contributed by atoms with E-state index in [9.17, 15) is 12.8 Å². The fourth-order valence-electron chi connectivity index (χ4n) is 2.79. The summed E-state index contributed by atoms with van der Waals surface area (Å²) in [4.78, 5) is 7.51. The maximum atomic E-state index is 14.6. The molecule has 6 nitrogen and oxygen atoms in total. The molecular weight excluding hydrogens is 461 g/mol. The monoisotopic (exact) mass is 479 g/mol. The summed E-state index contributed by atoms with van der Waals surface area (Å²) >= 11 is 3.22. The molecule has 0 aliphatic carbocycles. The van der Waals surface area contributed by atoms with E-state index in [0.29, 0.717) is 15.8 Å². The number of methoxy groups -OCH3 is 1. The van der Waals surface area contributed by atoms with Gasteiger partial charge >= 0.3 is 0 Å². The van der Waals surface area contributed by atoms with Crippen LogP contribution in [0.15, 0.2) is 58.3 Å². The van der Waals surface area contributed by atoms with Crippen LogP contribution in [0, 0.1) is 19.7 Å². The molecule has 0 N–H and O–H groups in total. The smallest absolute Gasteiger partial charge is 0.268 e. The van der Waals surface area contributed by atoms with Crippen LogP contribution in [0.3, 0.4) is 0 Å². The predicted molar refractivity (Wildman–Crippen MR) is 112 cm³/mol. The molecule has 1 heterocycles. The van der Waals surface area contributed by atoms with Crippen molar-refractivity contribution in [3.63, 3.8) is 0 Å². The van der Waals surface area contributed by atoms with E-state index >= 15 is 0 Å². The average molecular weight is 480 g/mol. The highest BCUT2D eigenvalue weighted by Gasteiger charge is 2.30. The number of hydrogen-bond donors (Lipinski definition) is 0. The lowest BCUT2D eigenvalue weighted by atomic mass is 10.1. The molecule has 0 spiro atoms. The van der Waals surface area contributed by atoms with E-state index in [1.165, 1.54) is 24.7 Å². The van der Waals surface area contributed by atoms with Gasteiger partial charge in [0.1, 0.15) is 28.6 Å². The maximum absolute atomic E-state index is 14.6. The number of nitrogens with zero attached hydrogens (tertiary/aromatic N) is 3.